The Morgan fingerprint density at radius 3 is 2.19 bits per heavy atom. The van der Waals surface area contributed by atoms with Crippen LogP contribution in [0.4, 0.5) is 0 Å². The molecule has 8 nitrogen and oxygen atoms in total. The van der Waals surface area contributed by atoms with Gasteiger partial charge in [0, 0.05) is 44.2 Å². The summed E-state index contributed by atoms with van der Waals surface area (Å²) in [7, 11) is 0. The van der Waals surface area contributed by atoms with Crippen LogP contribution < -0.4 is 0 Å². The summed E-state index contributed by atoms with van der Waals surface area (Å²) in [5.74, 6) is 0. The summed E-state index contributed by atoms with van der Waals surface area (Å²) in [4.78, 5) is 29.7. The zero-order valence-corrected chi connectivity index (χ0v) is 16.0. The van der Waals surface area contributed by atoms with Gasteiger partial charge >= 0.3 is 0 Å². The predicted molar refractivity (Wildman–Crippen MR) is 101 cm³/mol. The Balaban J connectivity index is 0.000000350. The number of nitrogens with zero attached hydrogens (tertiary/aromatic N) is 3. The van der Waals surface area contributed by atoms with Gasteiger partial charge < -0.3 is 14.5 Å². The Kier molecular flexibility index (Phi) is 11.4. The van der Waals surface area contributed by atoms with E-state index in [1.165, 1.54) is 5.56 Å². The van der Waals surface area contributed by atoms with Gasteiger partial charge in [0.1, 0.15) is 6.61 Å². The van der Waals surface area contributed by atoms with E-state index in [2.05, 4.69) is 38.9 Å². The Bertz CT molecular complexity index is 501. The number of ether oxygens (including phenoxy) is 1. The van der Waals surface area contributed by atoms with E-state index in [9.17, 15) is 14.9 Å². The van der Waals surface area contributed by atoms with E-state index < -0.39 is 5.09 Å². The van der Waals surface area contributed by atoms with Crippen molar-refractivity contribution in [1.82, 2.24) is 9.80 Å². The molecule has 1 aromatic carbocycles. The summed E-state index contributed by atoms with van der Waals surface area (Å²) in [6, 6.07) is 8.06. The Hall–Kier alpha value is -1.84. The van der Waals surface area contributed by atoms with Crippen LogP contribution in [0.15, 0.2) is 29.2 Å². The standard InChI is InChI=1S/C10H19N3O5.C7H8S/c14-10-17-9-7-12-5-3-11(4-6-12)2-1-8-18-13(15)16;1-6-2-4-7(8)5-3-6/h10H,1-9H2;2-5,8H,1H3. The van der Waals surface area contributed by atoms with Crippen LogP contribution >= 0.6 is 12.6 Å². The molecule has 2 rings (SSSR count). The van der Waals surface area contributed by atoms with E-state index >= 15 is 0 Å². The van der Waals surface area contributed by atoms with Crippen LogP contribution in [0.5, 0.6) is 0 Å². The molecule has 1 heterocycles. The first-order valence-corrected chi connectivity index (χ1v) is 8.99. The summed E-state index contributed by atoms with van der Waals surface area (Å²) in [6.07, 6.45) is 0.662. The summed E-state index contributed by atoms with van der Waals surface area (Å²) >= 11 is 4.13. The van der Waals surface area contributed by atoms with E-state index in [4.69, 9.17) is 0 Å². The van der Waals surface area contributed by atoms with Crippen molar-refractivity contribution in [2.75, 3.05) is 52.5 Å². The molecule has 26 heavy (non-hydrogen) atoms. The maximum Gasteiger partial charge on any atom is 0.294 e. The molecule has 0 saturated carbocycles. The van der Waals surface area contributed by atoms with E-state index in [1.54, 1.807) is 0 Å². The number of rotatable bonds is 9. The van der Waals surface area contributed by atoms with Crippen LogP contribution in [-0.2, 0) is 14.4 Å². The van der Waals surface area contributed by atoms with Crippen molar-refractivity contribution in [3.05, 3.63) is 39.9 Å². The maximum atomic E-state index is 9.98. The third-order valence-corrected chi connectivity index (χ3v) is 4.21. The molecule has 0 unspecified atom stereocenters. The highest BCUT2D eigenvalue weighted by Gasteiger charge is 2.16. The second-order valence-electron chi connectivity index (χ2n) is 5.90. The lowest BCUT2D eigenvalue weighted by Crippen LogP contribution is -2.47. The molecule has 0 amide bonds. The molecule has 0 atom stereocenters. The molecule has 0 radical (unpaired) electrons. The van der Waals surface area contributed by atoms with Gasteiger partial charge in [-0.1, -0.05) is 17.7 Å². The van der Waals surface area contributed by atoms with Gasteiger partial charge in [0.15, 0.2) is 0 Å². The maximum absolute atomic E-state index is 9.98. The van der Waals surface area contributed by atoms with Gasteiger partial charge in [0.25, 0.3) is 11.6 Å². The molecule has 0 aliphatic carbocycles. The summed E-state index contributed by atoms with van der Waals surface area (Å²) in [5, 5.41) is 9.19. The van der Waals surface area contributed by atoms with Crippen molar-refractivity contribution in [1.29, 1.82) is 0 Å². The van der Waals surface area contributed by atoms with Crippen LogP contribution in [0.1, 0.15) is 12.0 Å². The number of benzene rings is 1. The van der Waals surface area contributed by atoms with Crippen LogP contribution in [0.2, 0.25) is 0 Å². The largest absolute Gasteiger partial charge is 0.467 e. The topological polar surface area (TPSA) is 85.2 Å². The first-order valence-electron chi connectivity index (χ1n) is 8.54. The summed E-state index contributed by atoms with van der Waals surface area (Å²) in [5.41, 5.74) is 1.28. The molecule has 1 aliphatic rings. The lowest BCUT2D eigenvalue weighted by Gasteiger charge is -2.34. The Labute approximate surface area is 159 Å². The average Bonchev–Trinajstić information content (AvgIpc) is 2.63. The van der Waals surface area contributed by atoms with Gasteiger partial charge in [-0.2, -0.15) is 0 Å². The first kappa shape index (κ1) is 22.2. The highest BCUT2D eigenvalue weighted by molar-refractivity contribution is 7.80. The number of hydrogen-bond donors (Lipinski definition) is 1. The molecular formula is C17H27N3O5S. The van der Waals surface area contributed by atoms with Crippen molar-refractivity contribution < 1.29 is 19.5 Å². The van der Waals surface area contributed by atoms with E-state index in [0.717, 1.165) is 44.2 Å². The molecule has 1 saturated heterocycles. The second kappa shape index (κ2) is 13.4. The molecule has 146 valence electrons. The normalized spacial score (nSPS) is 14.8. The van der Waals surface area contributed by atoms with Gasteiger partial charge in [0.2, 0.25) is 0 Å². The minimum absolute atomic E-state index is 0.153. The van der Waals surface area contributed by atoms with Crippen LogP contribution in [0.3, 0.4) is 0 Å². The van der Waals surface area contributed by atoms with E-state index in [0.29, 0.717) is 19.5 Å². The fraction of sp³-hybridized carbons (Fsp3) is 0.588. The van der Waals surface area contributed by atoms with E-state index in [1.807, 2.05) is 24.3 Å². The minimum atomic E-state index is -0.759. The number of piperazine rings is 1. The first-order chi connectivity index (χ1) is 12.5. The lowest BCUT2D eigenvalue weighted by molar-refractivity contribution is -0.757. The van der Waals surface area contributed by atoms with Crippen LogP contribution in [0.25, 0.3) is 0 Å². The van der Waals surface area contributed by atoms with Crippen LogP contribution in [0, 0.1) is 17.0 Å². The SMILES string of the molecule is Cc1ccc(S)cc1.O=COCCN1CCN(CCCO[N+](=O)[O-])CC1. The average molecular weight is 385 g/mol. The molecule has 1 aliphatic heterocycles. The molecule has 1 aromatic rings. The Morgan fingerprint density at radius 1 is 1.12 bits per heavy atom. The van der Waals surface area contributed by atoms with Crippen LogP contribution in [-0.4, -0.2) is 73.8 Å². The highest BCUT2D eigenvalue weighted by atomic mass is 32.1. The zero-order valence-electron chi connectivity index (χ0n) is 15.1. The molecule has 0 bridgehead atoms. The highest BCUT2D eigenvalue weighted by Crippen LogP contribution is 2.05. The van der Waals surface area contributed by atoms with Crippen molar-refractivity contribution in [3.63, 3.8) is 0 Å². The quantitative estimate of drug-likeness (QED) is 0.227. The van der Waals surface area contributed by atoms with Gasteiger partial charge in [-0.3, -0.25) is 9.69 Å². The zero-order chi connectivity index (χ0) is 19.2. The number of hydrogen-bond acceptors (Lipinski definition) is 8. The Morgan fingerprint density at radius 2 is 1.69 bits per heavy atom. The minimum Gasteiger partial charge on any atom is -0.467 e. The molecule has 9 heteroatoms. The summed E-state index contributed by atoms with van der Waals surface area (Å²) < 4.78 is 4.65. The van der Waals surface area contributed by atoms with Crippen molar-refractivity contribution >= 4 is 19.1 Å². The lowest BCUT2D eigenvalue weighted by atomic mass is 10.2. The summed E-state index contributed by atoms with van der Waals surface area (Å²) in [6.45, 7) is 8.40. The van der Waals surface area contributed by atoms with Gasteiger partial charge in [0.05, 0.1) is 6.61 Å². The molecule has 0 N–H and O–H groups in total. The second-order valence-corrected chi connectivity index (χ2v) is 6.41. The fourth-order valence-corrected chi connectivity index (χ4v) is 2.59. The van der Waals surface area contributed by atoms with E-state index in [-0.39, 0.29) is 6.61 Å². The molecule has 0 aromatic heterocycles. The number of thiol groups is 1. The van der Waals surface area contributed by atoms with Gasteiger partial charge in [-0.15, -0.1) is 22.7 Å². The van der Waals surface area contributed by atoms with Gasteiger partial charge in [-0.25, -0.2) is 0 Å². The number of carbonyl (C=O) groups excluding carboxylic acids is 1. The fourth-order valence-electron chi connectivity index (χ4n) is 2.44. The van der Waals surface area contributed by atoms with Crippen molar-refractivity contribution in [2.24, 2.45) is 0 Å². The van der Waals surface area contributed by atoms with Gasteiger partial charge in [-0.05, 0) is 25.5 Å². The third kappa shape index (κ3) is 10.9. The smallest absolute Gasteiger partial charge is 0.294 e. The third-order valence-electron chi connectivity index (χ3n) is 3.91. The monoisotopic (exact) mass is 385 g/mol. The van der Waals surface area contributed by atoms with Crippen molar-refractivity contribution in [3.8, 4) is 0 Å². The molecule has 1 fully saturated rings. The van der Waals surface area contributed by atoms with Crippen molar-refractivity contribution in [2.45, 2.75) is 18.2 Å². The predicted octanol–water partition coefficient (Wildman–Crippen LogP) is 1.66. The molecular weight excluding hydrogens is 358 g/mol. The number of aryl methyl sites for hydroxylation is 1. The number of carbonyl (C=O) groups is 1. The molecule has 0 spiro atoms.